The molecule has 0 aromatic carbocycles. The summed E-state index contributed by atoms with van der Waals surface area (Å²) in [5.41, 5.74) is 0. The van der Waals surface area contributed by atoms with E-state index in [1.165, 1.54) is 0 Å². The summed E-state index contributed by atoms with van der Waals surface area (Å²) in [5, 5.41) is 0. The number of hydrogen-bond acceptors (Lipinski definition) is 1. The smallest absolute Gasteiger partial charge is 0.260 e. The van der Waals surface area contributed by atoms with Gasteiger partial charge in [0.1, 0.15) is 0 Å². The summed E-state index contributed by atoms with van der Waals surface area (Å²) in [7, 11) is -1.29. The number of alkyl halides is 3. The Kier molecular flexibility index (Phi) is 5.53. The molecule has 0 saturated heterocycles. The molecule has 1 atom stereocenters. The van der Waals surface area contributed by atoms with Crippen molar-refractivity contribution in [3.8, 4) is 0 Å². The van der Waals surface area contributed by atoms with Gasteiger partial charge in [-0.2, -0.15) is 13.2 Å². The molecule has 1 nitrogen and oxygen atoms in total. The molecular formula is C7H13F3OS. The molecule has 74 valence electrons. The third kappa shape index (κ3) is 8.04. The fraction of sp³-hybridized carbons (Fsp3) is 1.00. The molecular weight excluding hydrogens is 189 g/mol. The van der Waals surface area contributed by atoms with Crippen molar-refractivity contribution in [3.05, 3.63) is 0 Å². The van der Waals surface area contributed by atoms with Gasteiger partial charge in [0, 0.05) is 22.3 Å². The second-order valence-corrected chi connectivity index (χ2v) is 4.26. The van der Waals surface area contributed by atoms with Crippen molar-refractivity contribution in [2.24, 2.45) is 0 Å². The van der Waals surface area contributed by atoms with Crippen LogP contribution in [-0.2, 0) is 10.8 Å². The molecule has 12 heavy (non-hydrogen) atoms. The Morgan fingerprint density at radius 1 is 1.25 bits per heavy atom. The second kappa shape index (κ2) is 5.56. The highest BCUT2D eigenvalue weighted by molar-refractivity contribution is 7.84. The first-order valence-electron chi connectivity index (χ1n) is 3.87. The van der Waals surface area contributed by atoms with Crippen LogP contribution in [0.15, 0.2) is 0 Å². The van der Waals surface area contributed by atoms with E-state index in [-0.39, 0.29) is 5.75 Å². The summed E-state index contributed by atoms with van der Waals surface area (Å²) in [5.74, 6) is 0.149. The van der Waals surface area contributed by atoms with E-state index in [9.17, 15) is 17.4 Å². The van der Waals surface area contributed by atoms with Gasteiger partial charge in [-0.15, -0.1) is 0 Å². The minimum Gasteiger partial charge on any atom is -0.260 e. The maximum absolute atomic E-state index is 11.6. The SMILES string of the molecule is CCCCS(=O)CCC(F)(F)F. The predicted octanol–water partition coefficient (Wildman–Crippen LogP) is 2.49. The predicted molar refractivity (Wildman–Crippen MR) is 43.5 cm³/mol. The topological polar surface area (TPSA) is 17.1 Å². The van der Waals surface area contributed by atoms with Crippen LogP contribution in [0.1, 0.15) is 26.2 Å². The summed E-state index contributed by atoms with van der Waals surface area (Å²) >= 11 is 0. The Hall–Kier alpha value is -0.0600. The standard InChI is InChI=1S/C7H13F3OS/c1-2-3-5-12(11)6-4-7(8,9)10/h2-6H2,1H3. The van der Waals surface area contributed by atoms with Gasteiger partial charge in [-0.1, -0.05) is 13.3 Å². The van der Waals surface area contributed by atoms with Crippen LogP contribution in [0.3, 0.4) is 0 Å². The molecule has 0 fully saturated rings. The van der Waals surface area contributed by atoms with Gasteiger partial charge in [0.25, 0.3) is 0 Å². The van der Waals surface area contributed by atoms with Crippen LogP contribution in [0, 0.1) is 0 Å². The first kappa shape index (κ1) is 11.9. The molecule has 0 N–H and O–H groups in total. The minimum atomic E-state index is -4.16. The summed E-state index contributed by atoms with van der Waals surface area (Å²) in [4.78, 5) is 0. The molecule has 0 aliphatic rings. The highest BCUT2D eigenvalue weighted by Crippen LogP contribution is 2.19. The lowest BCUT2D eigenvalue weighted by atomic mass is 10.4. The van der Waals surface area contributed by atoms with E-state index in [0.717, 1.165) is 12.8 Å². The normalized spacial score (nSPS) is 14.7. The Labute approximate surface area is 72.8 Å². The highest BCUT2D eigenvalue weighted by Gasteiger charge is 2.27. The lowest BCUT2D eigenvalue weighted by molar-refractivity contribution is -0.129. The van der Waals surface area contributed by atoms with E-state index < -0.39 is 23.4 Å². The first-order chi connectivity index (χ1) is 5.45. The van der Waals surface area contributed by atoms with Crippen LogP contribution in [0.25, 0.3) is 0 Å². The van der Waals surface area contributed by atoms with Crippen molar-refractivity contribution < 1.29 is 17.4 Å². The van der Waals surface area contributed by atoms with E-state index in [0.29, 0.717) is 5.75 Å². The fourth-order valence-corrected chi connectivity index (χ4v) is 1.91. The highest BCUT2D eigenvalue weighted by atomic mass is 32.2. The summed E-state index contributed by atoms with van der Waals surface area (Å²) in [6.07, 6.45) is -3.48. The summed E-state index contributed by atoms with van der Waals surface area (Å²) < 4.78 is 45.7. The molecule has 5 heteroatoms. The zero-order chi connectivity index (χ0) is 9.61. The van der Waals surface area contributed by atoms with Crippen molar-refractivity contribution in [1.82, 2.24) is 0 Å². The van der Waals surface area contributed by atoms with Gasteiger partial charge in [0.2, 0.25) is 0 Å². The van der Waals surface area contributed by atoms with Crippen molar-refractivity contribution in [1.29, 1.82) is 0 Å². The average molecular weight is 202 g/mol. The van der Waals surface area contributed by atoms with Gasteiger partial charge in [-0.25, -0.2) is 0 Å². The van der Waals surface area contributed by atoms with Gasteiger partial charge >= 0.3 is 6.18 Å². The number of unbranched alkanes of at least 4 members (excludes halogenated alkanes) is 1. The summed E-state index contributed by atoms with van der Waals surface area (Å²) in [6, 6.07) is 0. The van der Waals surface area contributed by atoms with Crippen molar-refractivity contribution in [3.63, 3.8) is 0 Å². The van der Waals surface area contributed by atoms with E-state index in [4.69, 9.17) is 0 Å². The van der Waals surface area contributed by atoms with Crippen LogP contribution >= 0.6 is 0 Å². The monoisotopic (exact) mass is 202 g/mol. The van der Waals surface area contributed by atoms with Crippen LogP contribution in [0.4, 0.5) is 13.2 Å². The lowest BCUT2D eigenvalue weighted by Crippen LogP contribution is -2.14. The molecule has 0 saturated carbocycles. The lowest BCUT2D eigenvalue weighted by Gasteiger charge is -2.04. The van der Waals surface area contributed by atoms with Gasteiger partial charge in [0.05, 0.1) is 6.42 Å². The largest absolute Gasteiger partial charge is 0.390 e. The van der Waals surface area contributed by atoms with Gasteiger partial charge in [-0.3, -0.25) is 4.21 Å². The van der Waals surface area contributed by atoms with Gasteiger partial charge in [-0.05, 0) is 6.42 Å². The number of rotatable bonds is 5. The van der Waals surface area contributed by atoms with E-state index >= 15 is 0 Å². The van der Waals surface area contributed by atoms with E-state index in [1.807, 2.05) is 6.92 Å². The zero-order valence-electron chi connectivity index (χ0n) is 6.99. The second-order valence-electron chi connectivity index (χ2n) is 2.57. The molecule has 0 spiro atoms. The van der Waals surface area contributed by atoms with Gasteiger partial charge in [0.15, 0.2) is 0 Å². The quantitative estimate of drug-likeness (QED) is 0.669. The first-order valence-corrected chi connectivity index (χ1v) is 5.36. The molecule has 0 aromatic rings. The number of hydrogen-bond donors (Lipinski definition) is 0. The molecule has 0 aliphatic heterocycles. The van der Waals surface area contributed by atoms with Crippen molar-refractivity contribution >= 4 is 10.8 Å². The van der Waals surface area contributed by atoms with Crippen LogP contribution in [-0.4, -0.2) is 21.9 Å². The Bertz CT molecular complexity index is 144. The van der Waals surface area contributed by atoms with Gasteiger partial charge < -0.3 is 0 Å². The molecule has 0 aliphatic carbocycles. The number of halogens is 3. The molecule has 0 bridgehead atoms. The van der Waals surface area contributed by atoms with Crippen molar-refractivity contribution in [2.75, 3.05) is 11.5 Å². The Morgan fingerprint density at radius 2 is 1.83 bits per heavy atom. The fourth-order valence-electron chi connectivity index (χ4n) is 0.637. The van der Waals surface area contributed by atoms with Crippen LogP contribution < -0.4 is 0 Å². The Balaban J connectivity index is 3.44. The molecule has 0 amide bonds. The average Bonchev–Trinajstić information content (AvgIpc) is 1.95. The molecule has 0 rings (SSSR count). The molecule has 0 heterocycles. The summed E-state index contributed by atoms with van der Waals surface area (Å²) in [6.45, 7) is 1.92. The maximum Gasteiger partial charge on any atom is 0.390 e. The Morgan fingerprint density at radius 3 is 2.25 bits per heavy atom. The third-order valence-corrected chi connectivity index (χ3v) is 2.74. The minimum absolute atomic E-state index is 0.247. The zero-order valence-corrected chi connectivity index (χ0v) is 7.80. The molecule has 0 radical (unpaired) electrons. The molecule has 0 aromatic heterocycles. The maximum atomic E-state index is 11.6. The van der Waals surface area contributed by atoms with Crippen LogP contribution in [0.5, 0.6) is 0 Å². The van der Waals surface area contributed by atoms with Crippen LogP contribution in [0.2, 0.25) is 0 Å². The molecule has 1 unspecified atom stereocenters. The van der Waals surface area contributed by atoms with E-state index in [1.54, 1.807) is 0 Å². The van der Waals surface area contributed by atoms with E-state index in [2.05, 4.69) is 0 Å². The van der Waals surface area contributed by atoms with Crippen molar-refractivity contribution in [2.45, 2.75) is 32.4 Å². The third-order valence-electron chi connectivity index (χ3n) is 1.34.